The fourth-order valence-electron chi connectivity index (χ4n) is 1.11. The van der Waals surface area contributed by atoms with E-state index < -0.39 is 10.0 Å². The maximum atomic E-state index is 10.9. The summed E-state index contributed by atoms with van der Waals surface area (Å²) in [6.07, 6.45) is 1.51. The van der Waals surface area contributed by atoms with Gasteiger partial charge in [-0.3, -0.25) is 4.79 Å². The Morgan fingerprint density at radius 3 is 2.55 bits per heavy atom. The third-order valence-corrected chi connectivity index (χ3v) is 3.68. The summed E-state index contributed by atoms with van der Waals surface area (Å²) >= 11 is 0. The summed E-state index contributed by atoms with van der Waals surface area (Å²) in [7, 11) is 5.26. The van der Waals surface area contributed by atoms with Crippen molar-refractivity contribution in [1.82, 2.24) is 0 Å². The van der Waals surface area contributed by atoms with E-state index in [0.29, 0.717) is 0 Å². The van der Waals surface area contributed by atoms with E-state index in [1.54, 1.807) is 0 Å². The number of ether oxygens (including phenoxy) is 1. The maximum absolute atomic E-state index is 10.9. The molecule has 0 aromatic heterocycles. The largest absolute Gasteiger partial charge is 0.469 e. The highest BCUT2D eigenvalue weighted by atomic mass is 35.7. The van der Waals surface area contributed by atoms with Crippen LogP contribution < -0.4 is 0 Å². The van der Waals surface area contributed by atoms with Gasteiger partial charge in [-0.05, 0) is 23.5 Å². The van der Waals surface area contributed by atoms with Gasteiger partial charge in [-0.25, -0.2) is 4.21 Å². The van der Waals surface area contributed by atoms with E-state index in [-0.39, 0.29) is 17.1 Å². The zero-order valence-electron chi connectivity index (χ0n) is 6.08. The second-order valence-electron chi connectivity index (χ2n) is 2.49. The molecule has 3 nitrogen and oxygen atoms in total. The molecule has 3 atom stereocenters. The molecule has 0 amide bonds. The average molecular weight is 197 g/mol. The lowest BCUT2D eigenvalue weighted by molar-refractivity contribution is -0.147. The molecule has 1 rings (SSSR count). The molecule has 64 valence electrons. The summed E-state index contributed by atoms with van der Waals surface area (Å²) in [6, 6.07) is 0. The van der Waals surface area contributed by atoms with Gasteiger partial charge in [0.1, 0.15) is 10.0 Å². The summed E-state index contributed by atoms with van der Waals surface area (Å²) in [4.78, 5) is 10.9. The first kappa shape index (κ1) is 9.00. The highest BCUT2D eigenvalue weighted by Crippen LogP contribution is 2.33. The Balaban J connectivity index is 2.49. The Morgan fingerprint density at radius 2 is 2.27 bits per heavy atom. The fourth-order valence-corrected chi connectivity index (χ4v) is 2.58. The zero-order chi connectivity index (χ0) is 8.43. The van der Waals surface area contributed by atoms with Crippen molar-refractivity contribution >= 4 is 26.7 Å². The molecular weight excluding hydrogens is 188 g/mol. The monoisotopic (exact) mass is 196 g/mol. The molecule has 5 heteroatoms. The molecular formula is C6H9ClO3S. The number of rotatable bonds is 2. The number of halogens is 1. The lowest BCUT2D eigenvalue weighted by atomic mass is 9.85. The van der Waals surface area contributed by atoms with E-state index in [9.17, 15) is 9.00 Å². The Kier molecular flexibility index (Phi) is 2.90. The molecule has 0 saturated heterocycles. The van der Waals surface area contributed by atoms with E-state index in [2.05, 4.69) is 4.74 Å². The lowest BCUT2D eigenvalue weighted by Crippen LogP contribution is -2.39. The molecule has 0 N–H and O–H groups in total. The number of hydrogen-bond donors (Lipinski definition) is 0. The van der Waals surface area contributed by atoms with Crippen LogP contribution >= 0.6 is 10.7 Å². The number of hydrogen-bond acceptors (Lipinski definition) is 3. The van der Waals surface area contributed by atoms with E-state index in [1.165, 1.54) is 7.11 Å². The Labute approximate surface area is 72.0 Å². The van der Waals surface area contributed by atoms with Crippen LogP contribution in [-0.4, -0.2) is 22.5 Å². The van der Waals surface area contributed by atoms with Crippen LogP contribution in [0, 0.1) is 5.92 Å². The second kappa shape index (κ2) is 3.54. The van der Waals surface area contributed by atoms with E-state index in [4.69, 9.17) is 10.7 Å². The van der Waals surface area contributed by atoms with Gasteiger partial charge in [-0.1, -0.05) is 0 Å². The minimum atomic E-state index is -1.40. The molecule has 0 aliphatic heterocycles. The second-order valence-corrected chi connectivity index (χ2v) is 4.51. The Morgan fingerprint density at radius 1 is 1.64 bits per heavy atom. The minimum Gasteiger partial charge on any atom is -0.469 e. The predicted molar refractivity (Wildman–Crippen MR) is 42.5 cm³/mol. The lowest BCUT2D eigenvalue weighted by Gasteiger charge is -2.30. The zero-order valence-corrected chi connectivity index (χ0v) is 7.65. The summed E-state index contributed by atoms with van der Waals surface area (Å²) in [5.74, 6) is -0.534. The van der Waals surface area contributed by atoms with Crippen LogP contribution in [0.25, 0.3) is 0 Å². The van der Waals surface area contributed by atoms with Crippen LogP contribution in [0.2, 0.25) is 0 Å². The Bertz CT molecular complexity index is 194. The summed E-state index contributed by atoms with van der Waals surface area (Å²) in [5.41, 5.74) is 0. The van der Waals surface area contributed by atoms with Gasteiger partial charge < -0.3 is 4.74 Å². The van der Waals surface area contributed by atoms with Gasteiger partial charge >= 0.3 is 5.97 Å². The maximum Gasteiger partial charge on any atom is 0.309 e. The summed E-state index contributed by atoms with van der Waals surface area (Å²) < 4.78 is 15.2. The topological polar surface area (TPSA) is 43.4 Å². The van der Waals surface area contributed by atoms with Gasteiger partial charge in [0.05, 0.1) is 18.3 Å². The van der Waals surface area contributed by atoms with Crippen molar-refractivity contribution in [3.63, 3.8) is 0 Å². The molecule has 0 aromatic rings. The smallest absolute Gasteiger partial charge is 0.309 e. The van der Waals surface area contributed by atoms with Crippen LogP contribution in [0.5, 0.6) is 0 Å². The van der Waals surface area contributed by atoms with E-state index >= 15 is 0 Å². The van der Waals surface area contributed by atoms with Crippen molar-refractivity contribution in [3.05, 3.63) is 0 Å². The standard InChI is InChI=1S/C6H9ClO3S/c1-10-6(8)4-2-3-5(4)11(7)9/h4-5H,2-3H2,1H3/t4-,5+,11?/m1/s1. The van der Waals surface area contributed by atoms with Crippen molar-refractivity contribution in [2.75, 3.05) is 7.11 Å². The molecule has 1 saturated carbocycles. The van der Waals surface area contributed by atoms with Crippen molar-refractivity contribution in [3.8, 4) is 0 Å². The first-order valence-corrected chi connectivity index (χ1v) is 5.35. The number of methoxy groups -OCH3 is 1. The molecule has 0 spiro atoms. The minimum absolute atomic E-state index is 0.191. The molecule has 1 unspecified atom stereocenters. The van der Waals surface area contributed by atoms with E-state index in [1.807, 2.05) is 0 Å². The molecule has 1 fully saturated rings. The van der Waals surface area contributed by atoms with Crippen LogP contribution in [0.1, 0.15) is 12.8 Å². The molecule has 1 aliphatic rings. The number of carbonyl (C=O) groups is 1. The first-order valence-electron chi connectivity index (χ1n) is 3.31. The molecule has 0 heterocycles. The average Bonchev–Trinajstić information content (AvgIpc) is 1.83. The van der Waals surface area contributed by atoms with E-state index in [0.717, 1.165) is 12.8 Å². The third kappa shape index (κ3) is 1.73. The van der Waals surface area contributed by atoms with Crippen LogP contribution in [0.4, 0.5) is 0 Å². The molecule has 11 heavy (non-hydrogen) atoms. The van der Waals surface area contributed by atoms with Crippen LogP contribution in [0.3, 0.4) is 0 Å². The van der Waals surface area contributed by atoms with Crippen LogP contribution in [-0.2, 0) is 19.5 Å². The van der Waals surface area contributed by atoms with Crippen molar-refractivity contribution in [2.24, 2.45) is 5.92 Å². The van der Waals surface area contributed by atoms with Gasteiger partial charge in [-0.15, -0.1) is 0 Å². The van der Waals surface area contributed by atoms with Gasteiger partial charge in [0, 0.05) is 0 Å². The van der Waals surface area contributed by atoms with Crippen molar-refractivity contribution in [1.29, 1.82) is 0 Å². The van der Waals surface area contributed by atoms with Gasteiger partial charge in [0.15, 0.2) is 0 Å². The normalized spacial score (nSPS) is 32.2. The van der Waals surface area contributed by atoms with Crippen molar-refractivity contribution < 1.29 is 13.7 Å². The van der Waals surface area contributed by atoms with Gasteiger partial charge in [0.25, 0.3) is 0 Å². The molecule has 0 bridgehead atoms. The highest BCUT2D eigenvalue weighted by molar-refractivity contribution is 8.08. The van der Waals surface area contributed by atoms with Gasteiger partial charge in [-0.2, -0.15) is 0 Å². The summed E-state index contributed by atoms with van der Waals surface area (Å²) in [5, 5.41) is -0.191. The summed E-state index contributed by atoms with van der Waals surface area (Å²) in [6.45, 7) is 0. The quantitative estimate of drug-likeness (QED) is 0.486. The van der Waals surface area contributed by atoms with Crippen LogP contribution in [0.15, 0.2) is 0 Å². The highest BCUT2D eigenvalue weighted by Gasteiger charge is 2.40. The molecule has 0 aromatic carbocycles. The Hall–Kier alpha value is -0.0900. The third-order valence-electron chi connectivity index (χ3n) is 1.95. The molecule has 0 radical (unpaired) electrons. The van der Waals surface area contributed by atoms with Crippen molar-refractivity contribution in [2.45, 2.75) is 18.1 Å². The van der Waals surface area contributed by atoms with Gasteiger partial charge in [0.2, 0.25) is 0 Å². The fraction of sp³-hybridized carbons (Fsp3) is 0.833. The number of esters is 1. The SMILES string of the molecule is COC(=O)[C@@H]1CC[C@@H]1S(=O)Cl. The predicted octanol–water partition coefficient (Wildman–Crippen LogP) is 0.840. The molecule has 1 aliphatic carbocycles. The first-order chi connectivity index (χ1) is 5.16. The number of carbonyl (C=O) groups excluding carboxylic acids is 1.